The van der Waals surface area contributed by atoms with E-state index in [0.717, 1.165) is 23.4 Å². The molecular formula is C33H48N6O9. The lowest BCUT2D eigenvalue weighted by Gasteiger charge is -2.31. The van der Waals surface area contributed by atoms with Crippen LogP contribution in [0.1, 0.15) is 120 Å². The molecule has 2 aliphatic heterocycles. The van der Waals surface area contributed by atoms with E-state index >= 15 is 0 Å². The molecule has 2 atom stereocenters. The molecule has 0 spiro atoms. The maximum atomic E-state index is 12.8. The topological polar surface area (TPSA) is 183 Å². The number of imide groups is 6. The van der Waals surface area contributed by atoms with Crippen LogP contribution in [0.5, 0.6) is 0 Å². The fourth-order valence-electron chi connectivity index (χ4n) is 5.73. The fraction of sp³-hybridized carbons (Fsp3) is 0.636. The zero-order valence-corrected chi connectivity index (χ0v) is 29.8. The van der Waals surface area contributed by atoms with Crippen molar-refractivity contribution in [3.05, 3.63) is 33.9 Å². The molecule has 0 aliphatic carbocycles. The Labute approximate surface area is 280 Å². The Kier molecular flexibility index (Phi) is 11.4. The number of amides is 6. The average Bonchev–Trinajstić information content (AvgIpc) is 3.39. The van der Waals surface area contributed by atoms with E-state index in [2.05, 4.69) is 10.2 Å². The van der Waals surface area contributed by atoms with Crippen LogP contribution in [-0.4, -0.2) is 81.5 Å². The lowest BCUT2D eigenvalue weighted by molar-refractivity contribution is -0.151. The number of aryl methyl sites for hydroxylation is 2. The minimum absolute atomic E-state index is 0.0441. The highest BCUT2D eigenvalue weighted by Crippen LogP contribution is 2.30. The predicted molar refractivity (Wildman–Crippen MR) is 171 cm³/mol. The van der Waals surface area contributed by atoms with E-state index in [9.17, 15) is 33.9 Å². The third-order valence-electron chi connectivity index (χ3n) is 7.98. The van der Waals surface area contributed by atoms with Gasteiger partial charge >= 0.3 is 12.2 Å². The summed E-state index contributed by atoms with van der Waals surface area (Å²) >= 11 is 0. The van der Waals surface area contributed by atoms with Gasteiger partial charge in [-0.25, -0.2) is 9.59 Å². The Balaban J connectivity index is 0.000000260. The number of ether oxygens (including phenoxy) is 2. The number of likely N-dealkylation sites (tertiary alicyclic amines) is 2. The summed E-state index contributed by atoms with van der Waals surface area (Å²) in [5.74, 6) is -2.33. The Morgan fingerprint density at radius 1 is 0.708 bits per heavy atom. The van der Waals surface area contributed by atoms with E-state index in [1.165, 1.54) is 4.68 Å². The predicted octanol–water partition coefficient (Wildman–Crippen LogP) is 4.30. The van der Waals surface area contributed by atoms with Gasteiger partial charge in [0.15, 0.2) is 0 Å². The number of aliphatic hydroxyl groups excluding tert-OH is 1. The average molecular weight is 673 g/mol. The van der Waals surface area contributed by atoms with Crippen LogP contribution in [0.4, 0.5) is 9.59 Å². The van der Waals surface area contributed by atoms with Gasteiger partial charge in [-0.15, -0.1) is 0 Å². The number of aliphatic hydroxyl groups is 1. The van der Waals surface area contributed by atoms with E-state index in [1.807, 2.05) is 20.8 Å². The monoisotopic (exact) mass is 672 g/mol. The van der Waals surface area contributed by atoms with Gasteiger partial charge in [-0.3, -0.25) is 28.5 Å². The number of hydrogen-bond acceptors (Lipinski definition) is 11. The van der Waals surface area contributed by atoms with Gasteiger partial charge in [-0.05, 0) is 94.1 Å². The highest BCUT2D eigenvalue weighted by atomic mass is 16.6. The van der Waals surface area contributed by atoms with Crippen molar-refractivity contribution in [1.29, 1.82) is 0 Å². The highest BCUT2D eigenvalue weighted by molar-refractivity contribution is 6.12. The van der Waals surface area contributed by atoms with Gasteiger partial charge in [-0.1, -0.05) is 6.92 Å². The van der Waals surface area contributed by atoms with Crippen molar-refractivity contribution in [1.82, 2.24) is 29.4 Å². The number of carbonyl (C=O) groups is 6. The van der Waals surface area contributed by atoms with Crippen LogP contribution >= 0.6 is 0 Å². The first-order valence-electron chi connectivity index (χ1n) is 16.0. The first kappa shape index (κ1) is 38.1. The standard InChI is InChI=1S/C17H25N3O4.C16H23N3O5/c1-7-12-10(2)18-20(11(12)3)13-8-9-14(21)19(15(13)22)16(23)24-17(4,5)6;1-9-11(8-20)10(2)19(17-9)12-6-7-13(21)18(14(12)22)15(23)24-16(3,4)5/h13H,7-9H2,1-6H3;12,20H,6-8H2,1-5H3. The molecule has 4 heterocycles. The molecule has 6 amide bonds. The van der Waals surface area contributed by atoms with Gasteiger partial charge in [0.1, 0.15) is 23.3 Å². The molecule has 1 N–H and O–H groups in total. The second kappa shape index (κ2) is 14.4. The van der Waals surface area contributed by atoms with Crippen LogP contribution in [0, 0.1) is 27.7 Å². The summed E-state index contributed by atoms with van der Waals surface area (Å²) in [5.41, 5.74) is 3.16. The minimum atomic E-state index is -0.967. The normalized spacial score (nSPS) is 18.9. The maximum Gasteiger partial charge on any atom is 0.424 e. The van der Waals surface area contributed by atoms with E-state index in [0.29, 0.717) is 33.2 Å². The van der Waals surface area contributed by atoms with Crippen LogP contribution in [-0.2, 0) is 41.7 Å². The number of rotatable bonds is 4. The number of nitrogens with zero attached hydrogens (tertiary/aromatic N) is 6. The molecule has 2 fully saturated rings. The number of carbonyl (C=O) groups excluding carboxylic acids is 6. The van der Waals surface area contributed by atoms with Crippen LogP contribution in [0.2, 0.25) is 0 Å². The molecule has 2 unspecified atom stereocenters. The molecule has 2 aromatic rings. The number of aromatic nitrogens is 4. The van der Waals surface area contributed by atoms with Crippen molar-refractivity contribution in [2.45, 2.75) is 138 Å². The van der Waals surface area contributed by atoms with E-state index in [4.69, 9.17) is 9.47 Å². The Bertz CT molecular complexity index is 1490. The van der Waals surface area contributed by atoms with E-state index < -0.39 is 59.1 Å². The molecule has 4 rings (SSSR count). The molecule has 0 radical (unpaired) electrons. The summed E-state index contributed by atoms with van der Waals surface area (Å²) in [4.78, 5) is 75.3. The molecule has 0 bridgehead atoms. The molecule has 15 heteroatoms. The molecule has 0 saturated carbocycles. The minimum Gasteiger partial charge on any atom is -0.443 e. The zero-order valence-electron chi connectivity index (χ0n) is 29.8. The number of piperidine rings is 2. The van der Waals surface area contributed by atoms with E-state index in [1.54, 1.807) is 60.1 Å². The molecule has 264 valence electrons. The van der Waals surface area contributed by atoms with Crippen LogP contribution in [0.25, 0.3) is 0 Å². The molecular weight excluding hydrogens is 624 g/mol. The summed E-state index contributed by atoms with van der Waals surface area (Å²) < 4.78 is 13.5. The number of hydrogen-bond donors (Lipinski definition) is 1. The van der Waals surface area contributed by atoms with Gasteiger partial charge in [-0.2, -0.15) is 20.0 Å². The first-order chi connectivity index (χ1) is 22.1. The summed E-state index contributed by atoms with van der Waals surface area (Å²) in [6.07, 6.45) is -0.331. The van der Waals surface area contributed by atoms with Crippen molar-refractivity contribution in [3.63, 3.8) is 0 Å². The van der Waals surface area contributed by atoms with Crippen molar-refractivity contribution in [2.24, 2.45) is 0 Å². The highest BCUT2D eigenvalue weighted by Gasteiger charge is 2.44. The Morgan fingerprint density at radius 2 is 1.06 bits per heavy atom. The Hall–Kier alpha value is -4.40. The summed E-state index contributed by atoms with van der Waals surface area (Å²) in [5, 5.41) is 18.2. The molecule has 2 saturated heterocycles. The molecule has 48 heavy (non-hydrogen) atoms. The van der Waals surface area contributed by atoms with Crippen molar-refractivity contribution in [3.8, 4) is 0 Å². The van der Waals surface area contributed by atoms with Gasteiger partial charge in [0.2, 0.25) is 11.8 Å². The second-order valence-corrected chi connectivity index (χ2v) is 13.9. The van der Waals surface area contributed by atoms with Crippen LogP contribution in [0.3, 0.4) is 0 Å². The lowest BCUT2D eigenvalue weighted by Crippen LogP contribution is -2.51. The summed E-state index contributed by atoms with van der Waals surface area (Å²) in [6.45, 7) is 19.2. The smallest absolute Gasteiger partial charge is 0.424 e. The van der Waals surface area contributed by atoms with Gasteiger partial charge in [0.05, 0.1) is 18.0 Å². The molecule has 2 aromatic heterocycles. The maximum absolute atomic E-state index is 12.8. The zero-order chi connectivity index (χ0) is 36.5. The Morgan fingerprint density at radius 3 is 1.35 bits per heavy atom. The van der Waals surface area contributed by atoms with Crippen molar-refractivity contribution >= 4 is 35.8 Å². The molecule has 2 aliphatic rings. The van der Waals surface area contributed by atoms with Gasteiger partial charge < -0.3 is 14.6 Å². The summed E-state index contributed by atoms with van der Waals surface area (Å²) in [7, 11) is 0. The van der Waals surface area contributed by atoms with Crippen molar-refractivity contribution < 1.29 is 43.3 Å². The molecule has 15 nitrogen and oxygen atoms in total. The second-order valence-electron chi connectivity index (χ2n) is 13.9. The SMILES string of the molecule is CCc1c(C)nn(C2CCC(=O)N(C(=O)OC(C)(C)C)C2=O)c1C.Cc1nn(C2CCC(=O)N(C(=O)OC(C)(C)C)C2=O)c(C)c1CO. The quantitative estimate of drug-likeness (QED) is 0.457. The van der Waals surface area contributed by atoms with Crippen LogP contribution in [0.15, 0.2) is 0 Å². The summed E-state index contributed by atoms with van der Waals surface area (Å²) in [6, 6.07) is -1.43. The van der Waals surface area contributed by atoms with E-state index in [-0.39, 0.29) is 25.9 Å². The largest absolute Gasteiger partial charge is 0.443 e. The van der Waals surface area contributed by atoms with Gasteiger partial charge in [0, 0.05) is 29.8 Å². The van der Waals surface area contributed by atoms with Crippen molar-refractivity contribution in [2.75, 3.05) is 0 Å². The first-order valence-corrected chi connectivity index (χ1v) is 16.0. The van der Waals surface area contributed by atoms with Gasteiger partial charge in [0.25, 0.3) is 11.8 Å². The third-order valence-corrected chi connectivity index (χ3v) is 7.98. The molecule has 0 aromatic carbocycles. The van der Waals surface area contributed by atoms with Crippen LogP contribution < -0.4 is 0 Å². The fourth-order valence-corrected chi connectivity index (χ4v) is 5.73. The lowest BCUT2D eigenvalue weighted by atomic mass is 10.0. The third kappa shape index (κ3) is 8.17.